The Balaban J connectivity index is 1.45. The molecule has 36 heavy (non-hydrogen) atoms. The SMILES string of the molecule is CCOC(=O)N1CCN(S(=O)(=O)c2ccc(C(=O)Nc3sc4c(c3C(N)=O)CCCCC4)cc2)CC1. The van der Waals surface area contributed by atoms with E-state index in [-0.39, 0.29) is 43.2 Å². The molecule has 2 aliphatic rings. The van der Waals surface area contributed by atoms with E-state index in [9.17, 15) is 22.8 Å². The maximum atomic E-state index is 13.1. The predicted molar refractivity (Wildman–Crippen MR) is 136 cm³/mol. The van der Waals surface area contributed by atoms with Gasteiger partial charge < -0.3 is 20.7 Å². The second-order valence-electron chi connectivity index (χ2n) is 8.70. The fourth-order valence-electron chi connectivity index (χ4n) is 4.52. The summed E-state index contributed by atoms with van der Waals surface area (Å²) in [5.74, 6) is -1.00. The number of primary amides is 1. The van der Waals surface area contributed by atoms with Crippen LogP contribution in [0.5, 0.6) is 0 Å². The number of hydrogen-bond acceptors (Lipinski definition) is 7. The van der Waals surface area contributed by atoms with E-state index in [1.54, 1.807) is 6.92 Å². The Morgan fingerprint density at radius 2 is 1.69 bits per heavy atom. The van der Waals surface area contributed by atoms with Crippen LogP contribution in [0, 0.1) is 0 Å². The van der Waals surface area contributed by atoms with E-state index in [0.717, 1.165) is 42.5 Å². The number of fused-ring (bicyclic) bond motifs is 1. The van der Waals surface area contributed by atoms with Crippen LogP contribution in [0.4, 0.5) is 9.80 Å². The van der Waals surface area contributed by atoms with Crippen molar-refractivity contribution in [2.45, 2.75) is 43.9 Å². The number of thiophene rings is 1. The average molecular weight is 535 g/mol. The van der Waals surface area contributed by atoms with Crippen molar-refractivity contribution in [3.05, 3.63) is 45.8 Å². The highest BCUT2D eigenvalue weighted by atomic mass is 32.2. The molecule has 2 heterocycles. The summed E-state index contributed by atoms with van der Waals surface area (Å²) in [5.41, 5.74) is 7.22. The molecule has 10 nitrogen and oxygen atoms in total. The Bertz CT molecular complexity index is 1250. The van der Waals surface area contributed by atoms with Gasteiger partial charge in [-0.15, -0.1) is 11.3 Å². The Morgan fingerprint density at radius 1 is 1.03 bits per heavy atom. The van der Waals surface area contributed by atoms with E-state index in [2.05, 4.69) is 5.32 Å². The van der Waals surface area contributed by atoms with E-state index >= 15 is 0 Å². The minimum absolute atomic E-state index is 0.0595. The minimum atomic E-state index is -3.78. The maximum absolute atomic E-state index is 13.1. The van der Waals surface area contributed by atoms with Crippen LogP contribution in [0.2, 0.25) is 0 Å². The average Bonchev–Trinajstić information content (AvgIpc) is 3.04. The van der Waals surface area contributed by atoms with Crippen LogP contribution in [0.25, 0.3) is 0 Å². The maximum Gasteiger partial charge on any atom is 0.409 e. The number of ether oxygens (including phenoxy) is 1. The molecule has 1 saturated heterocycles. The van der Waals surface area contributed by atoms with Gasteiger partial charge in [0.2, 0.25) is 10.0 Å². The molecule has 0 unspecified atom stereocenters. The number of nitrogens with one attached hydrogen (secondary N) is 1. The van der Waals surface area contributed by atoms with Gasteiger partial charge in [-0.1, -0.05) is 6.42 Å². The van der Waals surface area contributed by atoms with Gasteiger partial charge in [-0.2, -0.15) is 4.31 Å². The van der Waals surface area contributed by atoms with Crippen molar-refractivity contribution in [2.24, 2.45) is 5.73 Å². The van der Waals surface area contributed by atoms with E-state index in [4.69, 9.17) is 10.5 Å². The van der Waals surface area contributed by atoms with Crippen LogP contribution in [0.3, 0.4) is 0 Å². The van der Waals surface area contributed by atoms with Crippen LogP contribution in [-0.4, -0.2) is 68.3 Å². The molecular weight excluding hydrogens is 504 g/mol. The monoisotopic (exact) mass is 534 g/mol. The molecule has 0 bridgehead atoms. The number of benzene rings is 1. The number of carbonyl (C=O) groups excluding carboxylic acids is 3. The van der Waals surface area contributed by atoms with Crippen LogP contribution < -0.4 is 11.1 Å². The van der Waals surface area contributed by atoms with E-state index in [0.29, 0.717) is 10.6 Å². The van der Waals surface area contributed by atoms with Gasteiger partial charge in [0.05, 0.1) is 17.1 Å². The highest BCUT2D eigenvalue weighted by Gasteiger charge is 2.31. The normalized spacial score (nSPS) is 16.6. The highest BCUT2D eigenvalue weighted by molar-refractivity contribution is 7.89. The molecule has 3 N–H and O–H groups in total. The molecule has 1 aromatic heterocycles. The third-order valence-electron chi connectivity index (χ3n) is 6.41. The lowest BCUT2D eigenvalue weighted by Crippen LogP contribution is -2.50. The van der Waals surface area contributed by atoms with Gasteiger partial charge in [-0.3, -0.25) is 9.59 Å². The second kappa shape index (κ2) is 11.0. The van der Waals surface area contributed by atoms with Gasteiger partial charge in [0.1, 0.15) is 5.00 Å². The number of piperazine rings is 1. The Hall–Kier alpha value is -2.96. The quantitative estimate of drug-likeness (QED) is 0.547. The van der Waals surface area contributed by atoms with E-state index in [1.165, 1.54) is 44.8 Å². The van der Waals surface area contributed by atoms with Crippen LogP contribution in [0.1, 0.15) is 57.3 Å². The third kappa shape index (κ3) is 5.40. The van der Waals surface area contributed by atoms with Gasteiger partial charge in [-0.25, -0.2) is 13.2 Å². The molecule has 0 radical (unpaired) electrons. The van der Waals surface area contributed by atoms with Crippen LogP contribution in [0.15, 0.2) is 29.2 Å². The summed E-state index contributed by atoms with van der Waals surface area (Å²) >= 11 is 1.39. The molecule has 3 amide bonds. The van der Waals surface area contributed by atoms with E-state index in [1.807, 2.05) is 0 Å². The number of hydrogen-bond donors (Lipinski definition) is 2. The molecular formula is C24H30N4O6S2. The number of carbonyl (C=O) groups is 3. The van der Waals surface area contributed by atoms with Gasteiger partial charge in [-0.05, 0) is 62.4 Å². The molecule has 1 aliphatic heterocycles. The summed E-state index contributed by atoms with van der Waals surface area (Å²) in [5, 5.41) is 3.24. The van der Waals surface area contributed by atoms with Crippen molar-refractivity contribution >= 4 is 44.3 Å². The highest BCUT2D eigenvalue weighted by Crippen LogP contribution is 2.37. The first-order chi connectivity index (χ1) is 17.2. The van der Waals surface area contributed by atoms with Gasteiger partial charge in [0.15, 0.2) is 0 Å². The van der Waals surface area contributed by atoms with Gasteiger partial charge in [0.25, 0.3) is 11.8 Å². The molecule has 1 fully saturated rings. The Morgan fingerprint density at radius 3 is 2.33 bits per heavy atom. The van der Waals surface area contributed by atoms with E-state index < -0.39 is 27.9 Å². The van der Waals surface area contributed by atoms with Crippen LogP contribution >= 0.6 is 11.3 Å². The standard InChI is InChI=1S/C24H30N4O6S2/c1-2-34-24(31)27-12-14-28(15-13-27)36(32,33)17-10-8-16(9-11-17)22(30)26-23-20(21(25)29)18-6-4-3-5-7-19(18)35-23/h8-11H,2-7,12-15H2,1H3,(H2,25,29)(H,26,30). The lowest BCUT2D eigenvalue weighted by Gasteiger charge is -2.33. The van der Waals surface area contributed by atoms with Crippen LogP contribution in [-0.2, 0) is 27.6 Å². The van der Waals surface area contributed by atoms with Gasteiger partial charge in [0, 0.05) is 36.6 Å². The predicted octanol–water partition coefficient (Wildman–Crippen LogP) is 2.83. The zero-order chi connectivity index (χ0) is 25.9. The third-order valence-corrected chi connectivity index (χ3v) is 9.53. The first-order valence-electron chi connectivity index (χ1n) is 12.0. The summed E-state index contributed by atoms with van der Waals surface area (Å²) in [6.07, 6.45) is 4.28. The van der Waals surface area contributed by atoms with Crippen molar-refractivity contribution in [3.63, 3.8) is 0 Å². The topological polar surface area (TPSA) is 139 Å². The zero-order valence-corrected chi connectivity index (χ0v) is 21.8. The fraction of sp³-hybridized carbons (Fsp3) is 0.458. The summed E-state index contributed by atoms with van der Waals surface area (Å²) in [6, 6.07) is 5.67. The first-order valence-corrected chi connectivity index (χ1v) is 14.3. The smallest absolute Gasteiger partial charge is 0.409 e. The summed E-state index contributed by atoms with van der Waals surface area (Å²) < 4.78 is 32.4. The zero-order valence-electron chi connectivity index (χ0n) is 20.1. The molecule has 1 aromatic carbocycles. The molecule has 0 saturated carbocycles. The largest absolute Gasteiger partial charge is 0.450 e. The molecule has 1 aliphatic carbocycles. The molecule has 194 valence electrons. The number of amides is 3. The number of aryl methyl sites for hydroxylation is 1. The summed E-state index contributed by atoms with van der Waals surface area (Å²) in [6.45, 7) is 2.77. The van der Waals surface area contributed by atoms with Crippen molar-refractivity contribution in [1.82, 2.24) is 9.21 Å². The Kier molecular flexibility index (Phi) is 7.96. The summed E-state index contributed by atoms with van der Waals surface area (Å²) in [7, 11) is -3.78. The number of sulfonamides is 1. The van der Waals surface area contributed by atoms with Gasteiger partial charge >= 0.3 is 6.09 Å². The fourth-order valence-corrected chi connectivity index (χ4v) is 7.23. The minimum Gasteiger partial charge on any atom is -0.450 e. The Labute approximate surface area is 214 Å². The first kappa shape index (κ1) is 26.1. The van der Waals surface area contributed by atoms with Crippen molar-refractivity contribution in [3.8, 4) is 0 Å². The summed E-state index contributed by atoms with van der Waals surface area (Å²) in [4.78, 5) is 39.6. The molecule has 0 atom stereocenters. The lowest BCUT2D eigenvalue weighted by atomic mass is 10.1. The second-order valence-corrected chi connectivity index (χ2v) is 11.7. The van der Waals surface area contributed by atoms with Crippen molar-refractivity contribution in [1.29, 1.82) is 0 Å². The number of nitrogens with zero attached hydrogens (tertiary/aromatic N) is 2. The van der Waals surface area contributed by atoms with Crippen molar-refractivity contribution in [2.75, 3.05) is 38.1 Å². The number of nitrogens with two attached hydrogens (primary N) is 1. The molecule has 0 spiro atoms. The lowest BCUT2D eigenvalue weighted by molar-refractivity contribution is 0.0933. The molecule has 4 rings (SSSR count). The van der Waals surface area contributed by atoms with Crippen molar-refractivity contribution < 1.29 is 27.5 Å². The number of anilines is 1. The molecule has 2 aromatic rings. The molecule has 12 heteroatoms. The number of rotatable bonds is 6.